The molecule has 2 aromatic carbocycles. The van der Waals surface area contributed by atoms with Crippen molar-refractivity contribution in [2.45, 2.75) is 18.2 Å². The van der Waals surface area contributed by atoms with E-state index < -0.39 is 10.1 Å². The molecule has 0 fully saturated rings. The number of benzene rings is 2. The number of hydrogen-bond donors (Lipinski definition) is 0. The van der Waals surface area contributed by atoms with Gasteiger partial charge in [0.05, 0.1) is 6.61 Å². The second kappa shape index (κ2) is 6.24. The van der Waals surface area contributed by atoms with E-state index in [4.69, 9.17) is 4.18 Å². The predicted octanol–water partition coefficient (Wildman–Crippen LogP) is 4.24. The quantitative estimate of drug-likeness (QED) is 0.750. The monoisotopic (exact) mass is 302 g/mol. The van der Waals surface area contributed by atoms with E-state index in [1.54, 1.807) is 12.1 Å². The molecule has 0 bridgehead atoms. The van der Waals surface area contributed by atoms with Crippen LogP contribution in [0.5, 0.6) is 0 Å². The smallest absolute Gasteiger partial charge is 0.266 e. The molecule has 0 saturated carbocycles. The molecular formula is C17H18O3S. The molecule has 3 nitrogen and oxygen atoms in total. The van der Waals surface area contributed by atoms with Crippen LogP contribution in [0.1, 0.15) is 24.5 Å². The first-order valence-corrected chi connectivity index (χ1v) is 8.16. The summed E-state index contributed by atoms with van der Waals surface area (Å²) in [5.74, 6) is 0. The first-order valence-electron chi connectivity index (χ1n) is 6.75. The third-order valence-corrected chi connectivity index (χ3v) is 4.61. The van der Waals surface area contributed by atoms with Crippen LogP contribution in [-0.4, -0.2) is 15.0 Å². The summed E-state index contributed by atoms with van der Waals surface area (Å²) in [4.78, 5) is 0.166. The van der Waals surface area contributed by atoms with Crippen molar-refractivity contribution in [3.05, 3.63) is 54.6 Å². The lowest BCUT2D eigenvalue weighted by Crippen LogP contribution is -2.10. The Kier molecular flexibility index (Phi) is 4.60. The predicted molar refractivity (Wildman–Crippen MR) is 87.6 cm³/mol. The topological polar surface area (TPSA) is 43.4 Å². The van der Waals surface area contributed by atoms with Crippen molar-refractivity contribution < 1.29 is 12.6 Å². The largest absolute Gasteiger partial charge is 0.298 e. The van der Waals surface area contributed by atoms with Crippen LogP contribution in [0.25, 0.3) is 22.9 Å². The molecule has 2 rings (SSSR count). The van der Waals surface area contributed by atoms with Crippen molar-refractivity contribution in [2.24, 2.45) is 0 Å². The SMILES string of the molecule is C=Cc1cc2ccccc2c(S(=O)(=O)OCCC)c1C=C. The Hall–Kier alpha value is -1.91. The third-order valence-electron chi connectivity index (χ3n) is 3.19. The van der Waals surface area contributed by atoms with Crippen molar-refractivity contribution in [1.29, 1.82) is 0 Å². The van der Waals surface area contributed by atoms with E-state index in [0.717, 1.165) is 10.9 Å². The van der Waals surface area contributed by atoms with Crippen LogP contribution in [0.3, 0.4) is 0 Å². The summed E-state index contributed by atoms with van der Waals surface area (Å²) >= 11 is 0. The highest BCUT2D eigenvalue weighted by Gasteiger charge is 2.23. The van der Waals surface area contributed by atoms with E-state index in [-0.39, 0.29) is 11.5 Å². The molecule has 0 aliphatic carbocycles. The first-order chi connectivity index (χ1) is 10.0. The maximum Gasteiger partial charge on any atom is 0.298 e. The van der Waals surface area contributed by atoms with Gasteiger partial charge < -0.3 is 0 Å². The molecule has 0 saturated heterocycles. The molecule has 0 aliphatic rings. The van der Waals surface area contributed by atoms with Crippen LogP contribution in [-0.2, 0) is 14.3 Å². The molecule has 0 spiro atoms. The standard InChI is InChI=1S/C17H18O3S/c1-4-11-20-21(18,19)17-15(6-3)13(5-2)12-14-9-7-8-10-16(14)17/h5-10,12H,2-4,11H2,1H3. The van der Waals surface area contributed by atoms with Crippen LogP contribution < -0.4 is 0 Å². The van der Waals surface area contributed by atoms with Gasteiger partial charge in [0.15, 0.2) is 0 Å². The van der Waals surface area contributed by atoms with Gasteiger partial charge in [0.1, 0.15) is 4.90 Å². The second-order valence-corrected chi connectivity index (χ2v) is 6.17. The fourth-order valence-electron chi connectivity index (χ4n) is 2.25. The van der Waals surface area contributed by atoms with E-state index >= 15 is 0 Å². The normalized spacial score (nSPS) is 11.5. The van der Waals surface area contributed by atoms with Gasteiger partial charge in [0.2, 0.25) is 0 Å². The Morgan fingerprint density at radius 1 is 1.19 bits per heavy atom. The molecule has 0 unspecified atom stereocenters. The summed E-state index contributed by atoms with van der Waals surface area (Å²) in [6.45, 7) is 9.50. The molecule has 0 N–H and O–H groups in total. The summed E-state index contributed by atoms with van der Waals surface area (Å²) in [7, 11) is -3.84. The maximum atomic E-state index is 12.5. The lowest BCUT2D eigenvalue weighted by atomic mass is 10.0. The highest BCUT2D eigenvalue weighted by Crippen LogP contribution is 2.32. The first kappa shape index (κ1) is 15.5. The molecular weight excluding hydrogens is 284 g/mol. The van der Waals surface area contributed by atoms with Gasteiger partial charge in [-0.3, -0.25) is 4.18 Å². The summed E-state index contributed by atoms with van der Waals surface area (Å²) in [5.41, 5.74) is 1.25. The minimum absolute atomic E-state index is 0.158. The van der Waals surface area contributed by atoms with E-state index in [0.29, 0.717) is 17.4 Å². The van der Waals surface area contributed by atoms with Gasteiger partial charge >= 0.3 is 0 Å². The zero-order valence-corrected chi connectivity index (χ0v) is 12.8. The summed E-state index contributed by atoms with van der Waals surface area (Å²) in [6, 6.07) is 9.22. The highest BCUT2D eigenvalue weighted by atomic mass is 32.2. The minimum atomic E-state index is -3.84. The van der Waals surface area contributed by atoms with Gasteiger partial charge in [-0.2, -0.15) is 8.42 Å². The number of rotatable bonds is 6. The second-order valence-electron chi connectivity index (χ2n) is 4.61. The molecule has 0 amide bonds. The molecule has 110 valence electrons. The Morgan fingerprint density at radius 2 is 1.90 bits per heavy atom. The van der Waals surface area contributed by atoms with Crippen molar-refractivity contribution in [2.75, 3.05) is 6.61 Å². The molecule has 21 heavy (non-hydrogen) atoms. The highest BCUT2D eigenvalue weighted by molar-refractivity contribution is 7.87. The summed E-state index contributed by atoms with van der Waals surface area (Å²) in [5, 5.41) is 1.46. The zero-order valence-electron chi connectivity index (χ0n) is 12.0. The average molecular weight is 302 g/mol. The average Bonchev–Trinajstić information content (AvgIpc) is 2.50. The van der Waals surface area contributed by atoms with Gasteiger partial charge in [0.25, 0.3) is 10.1 Å². The van der Waals surface area contributed by atoms with Crippen LogP contribution in [0, 0.1) is 0 Å². The van der Waals surface area contributed by atoms with E-state index in [1.165, 1.54) is 6.08 Å². The molecule has 4 heteroatoms. The minimum Gasteiger partial charge on any atom is -0.266 e. The van der Waals surface area contributed by atoms with Gasteiger partial charge in [-0.05, 0) is 23.4 Å². The van der Waals surface area contributed by atoms with Gasteiger partial charge in [-0.1, -0.05) is 56.5 Å². The molecule has 0 heterocycles. The van der Waals surface area contributed by atoms with Crippen molar-refractivity contribution in [1.82, 2.24) is 0 Å². The van der Waals surface area contributed by atoms with Crippen molar-refractivity contribution >= 4 is 33.0 Å². The molecule has 0 aliphatic heterocycles. The van der Waals surface area contributed by atoms with E-state index in [2.05, 4.69) is 13.2 Å². The van der Waals surface area contributed by atoms with Crippen molar-refractivity contribution in [3.63, 3.8) is 0 Å². The van der Waals surface area contributed by atoms with Gasteiger partial charge in [0, 0.05) is 10.9 Å². The number of hydrogen-bond acceptors (Lipinski definition) is 3. The Balaban J connectivity index is 2.86. The molecule has 2 aromatic rings. The van der Waals surface area contributed by atoms with E-state index in [9.17, 15) is 8.42 Å². The van der Waals surface area contributed by atoms with Crippen LogP contribution >= 0.6 is 0 Å². The van der Waals surface area contributed by atoms with Crippen LogP contribution in [0.2, 0.25) is 0 Å². The Labute approximate surface area is 125 Å². The van der Waals surface area contributed by atoms with Crippen LogP contribution in [0.15, 0.2) is 48.4 Å². The Morgan fingerprint density at radius 3 is 2.52 bits per heavy atom. The summed E-state index contributed by atoms with van der Waals surface area (Å²) < 4.78 is 30.2. The van der Waals surface area contributed by atoms with E-state index in [1.807, 2.05) is 31.2 Å². The molecule has 0 atom stereocenters. The number of fused-ring (bicyclic) bond motifs is 1. The van der Waals surface area contributed by atoms with Crippen LogP contribution in [0.4, 0.5) is 0 Å². The van der Waals surface area contributed by atoms with Crippen molar-refractivity contribution in [3.8, 4) is 0 Å². The Bertz CT molecular complexity index is 789. The van der Waals surface area contributed by atoms with Gasteiger partial charge in [-0.25, -0.2) is 0 Å². The van der Waals surface area contributed by atoms with Gasteiger partial charge in [-0.15, -0.1) is 0 Å². The maximum absolute atomic E-state index is 12.5. The fraction of sp³-hybridized carbons (Fsp3) is 0.176. The lowest BCUT2D eigenvalue weighted by Gasteiger charge is -2.14. The lowest BCUT2D eigenvalue weighted by molar-refractivity contribution is 0.318. The fourth-order valence-corrected chi connectivity index (χ4v) is 3.68. The molecule has 0 radical (unpaired) electrons. The zero-order chi connectivity index (χ0) is 15.5. The summed E-state index contributed by atoms with van der Waals surface area (Å²) in [6.07, 6.45) is 3.79. The third kappa shape index (κ3) is 2.91. The molecule has 0 aromatic heterocycles.